The van der Waals surface area contributed by atoms with Crippen LogP contribution in [-0.4, -0.2) is 35.1 Å². The summed E-state index contributed by atoms with van der Waals surface area (Å²) in [5, 5.41) is 10.3. The highest BCUT2D eigenvalue weighted by Crippen LogP contribution is 2.27. The first kappa shape index (κ1) is 13.7. The van der Waals surface area contributed by atoms with E-state index in [4.69, 9.17) is 23.2 Å². The van der Waals surface area contributed by atoms with Crippen LogP contribution in [0.5, 0.6) is 0 Å². The average molecular weight is 288 g/mol. The zero-order chi connectivity index (χ0) is 13.1. The van der Waals surface area contributed by atoms with Crippen LogP contribution < -0.4 is 0 Å². The van der Waals surface area contributed by atoms with E-state index in [0.29, 0.717) is 16.5 Å². The standard InChI is InChI=1S/C13H15Cl2NO2/c14-10-5-3-4-9(12(10)15)8-11(13(17)18)16-6-1-2-7-16/h3-5,11H,1-2,6-8H2,(H,17,18). The first-order chi connectivity index (χ1) is 8.59. The average Bonchev–Trinajstić information content (AvgIpc) is 2.84. The lowest BCUT2D eigenvalue weighted by atomic mass is 10.0. The summed E-state index contributed by atoms with van der Waals surface area (Å²) in [6.07, 6.45) is 2.52. The summed E-state index contributed by atoms with van der Waals surface area (Å²) in [6, 6.07) is 4.83. The maximum absolute atomic E-state index is 11.4. The maximum atomic E-state index is 11.4. The van der Waals surface area contributed by atoms with Crippen LogP contribution in [0.15, 0.2) is 18.2 Å². The Balaban J connectivity index is 2.18. The zero-order valence-corrected chi connectivity index (χ0v) is 11.4. The Bertz CT molecular complexity index is 445. The van der Waals surface area contributed by atoms with Gasteiger partial charge in [0, 0.05) is 6.42 Å². The number of hydrogen-bond acceptors (Lipinski definition) is 2. The van der Waals surface area contributed by atoms with Crippen LogP contribution in [0.4, 0.5) is 0 Å². The molecule has 0 saturated carbocycles. The van der Waals surface area contributed by atoms with Gasteiger partial charge >= 0.3 is 5.97 Å². The predicted octanol–water partition coefficient (Wildman–Crippen LogP) is 3.08. The zero-order valence-electron chi connectivity index (χ0n) is 9.90. The van der Waals surface area contributed by atoms with Crippen molar-refractivity contribution in [3.63, 3.8) is 0 Å². The quantitative estimate of drug-likeness (QED) is 0.925. The Hall–Kier alpha value is -0.770. The van der Waals surface area contributed by atoms with Crippen molar-refractivity contribution < 1.29 is 9.90 Å². The largest absolute Gasteiger partial charge is 0.480 e. The molecular weight excluding hydrogens is 273 g/mol. The molecule has 0 aliphatic carbocycles. The van der Waals surface area contributed by atoms with E-state index in [9.17, 15) is 9.90 Å². The summed E-state index contributed by atoms with van der Waals surface area (Å²) in [7, 11) is 0. The number of aliphatic carboxylic acids is 1. The van der Waals surface area contributed by atoms with Gasteiger partial charge in [-0.2, -0.15) is 0 Å². The smallest absolute Gasteiger partial charge is 0.321 e. The molecule has 1 aliphatic heterocycles. The van der Waals surface area contributed by atoms with Gasteiger partial charge < -0.3 is 5.11 Å². The molecule has 1 unspecified atom stereocenters. The van der Waals surface area contributed by atoms with Gasteiger partial charge in [0.2, 0.25) is 0 Å². The number of carboxylic acids is 1. The Kier molecular flexibility index (Phi) is 4.49. The molecule has 1 aromatic rings. The summed E-state index contributed by atoms with van der Waals surface area (Å²) in [5.74, 6) is -0.798. The molecule has 1 aliphatic rings. The summed E-state index contributed by atoms with van der Waals surface area (Å²) in [5.41, 5.74) is 0.795. The number of hydrogen-bond donors (Lipinski definition) is 1. The number of likely N-dealkylation sites (tertiary alicyclic amines) is 1. The van der Waals surface area contributed by atoms with Gasteiger partial charge in [-0.3, -0.25) is 9.69 Å². The third kappa shape index (κ3) is 2.97. The lowest BCUT2D eigenvalue weighted by molar-refractivity contribution is -0.142. The van der Waals surface area contributed by atoms with Crippen molar-refractivity contribution in [2.24, 2.45) is 0 Å². The second kappa shape index (κ2) is 5.91. The topological polar surface area (TPSA) is 40.5 Å². The number of benzene rings is 1. The van der Waals surface area contributed by atoms with Crippen molar-refractivity contribution in [3.05, 3.63) is 33.8 Å². The highest BCUT2D eigenvalue weighted by Gasteiger charge is 2.28. The van der Waals surface area contributed by atoms with E-state index in [2.05, 4.69) is 0 Å². The third-order valence-electron chi connectivity index (χ3n) is 3.31. The van der Waals surface area contributed by atoms with Crippen molar-refractivity contribution in [2.75, 3.05) is 13.1 Å². The molecule has 1 saturated heterocycles. The van der Waals surface area contributed by atoms with Crippen LogP contribution in [0.2, 0.25) is 10.0 Å². The minimum atomic E-state index is -0.798. The predicted molar refractivity (Wildman–Crippen MR) is 72.4 cm³/mol. The molecular formula is C13H15Cl2NO2. The lowest BCUT2D eigenvalue weighted by Gasteiger charge is -2.24. The molecule has 1 aromatic carbocycles. The van der Waals surface area contributed by atoms with Crippen molar-refractivity contribution in [3.8, 4) is 0 Å². The monoisotopic (exact) mass is 287 g/mol. The van der Waals surface area contributed by atoms with Gasteiger partial charge in [0.15, 0.2) is 0 Å². The molecule has 1 fully saturated rings. The number of nitrogens with zero attached hydrogens (tertiary/aromatic N) is 1. The second-order valence-corrected chi connectivity index (χ2v) is 5.30. The van der Waals surface area contributed by atoms with E-state index in [1.165, 1.54) is 0 Å². The fourth-order valence-corrected chi connectivity index (χ4v) is 2.74. The van der Waals surface area contributed by atoms with Crippen molar-refractivity contribution in [1.29, 1.82) is 0 Å². The summed E-state index contributed by atoms with van der Waals surface area (Å²) in [6.45, 7) is 1.68. The van der Waals surface area contributed by atoms with E-state index >= 15 is 0 Å². The summed E-state index contributed by atoms with van der Waals surface area (Å²) < 4.78 is 0. The van der Waals surface area contributed by atoms with Crippen LogP contribution in [-0.2, 0) is 11.2 Å². The summed E-state index contributed by atoms with van der Waals surface area (Å²) in [4.78, 5) is 13.4. The van der Waals surface area contributed by atoms with Gasteiger partial charge in [-0.05, 0) is 37.6 Å². The normalized spacial score (nSPS) is 17.9. The van der Waals surface area contributed by atoms with Gasteiger partial charge in [0.05, 0.1) is 10.0 Å². The van der Waals surface area contributed by atoms with Crippen molar-refractivity contribution in [2.45, 2.75) is 25.3 Å². The Morgan fingerprint density at radius 3 is 2.61 bits per heavy atom. The van der Waals surface area contributed by atoms with Crippen LogP contribution in [0.25, 0.3) is 0 Å². The summed E-state index contributed by atoms with van der Waals surface area (Å²) >= 11 is 12.0. The van der Waals surface area contributed by atoms with Gasteiger partial charge in [0.25, 0.3) is 0 Å². The molecule has 18 heavy (non-hydrogen) atoms. The van der Waals surface area contributed by atoms with Crippen LogP contribution in [0.1, 0.15) is 18.4 Å². The number of carboxylic acid groups (broad SMARTS) is 1. The van der Waals surface area contributed by atoms with Gasteiger partial charge in [-0.25, -0.2) is 0 Å². The molecule has 0 radical (unpaired) electrons. The van der Waals surface area contributed by atoms with E-state index in [0.717, 1.165) is 31.5 Å². The third-order valence-corrected chi connectivity index (χ3v) is 4.17. The number of carbonyl (C=O) groups is 1. The number of rotatable bonds is 4. The Morgan fingerprint density at radius 1 is 1.33 bits per heavy atom. The molecule has 1 N–H and O–H groups in total. The van der Waals surface area contributed by atoms with Gasteiger partial charge in [0.1, 0.15) is 6.04 Å². The SMILES string of the molecule is O=C(O)C(Cc1cccc(Cl)c1Cl)N1CCCC1. The fraction of sp³-hybridized carbons (Fsp3) is 0.462. The van der Waals surface area contributed by atoms with Crippen molar-refractivity contribution in [1.82, 2.24) is 4.90 Å². The Morgan fingerprint density at radius 2 is 2.00 bits per heavy atom. The highest BCUT2D eigenvalue weighted by molar-refractivity contribution is 6.42. The van der Waals surface area contributed by atoms with Crippen LogP contribution >= 0.6 is 23.2 Å². The lowest BCUT2D eigenvalue weighted by Crippen LogP contribution is -2.40. The molecule has 0 amide bonds. The molecule has 98 valence electrons. The first-order valence-electron chi connectivity index (χ1n) is 5.99. The minimum absolute atomic E-state index is 0.398. The molecule has 0 spiro atoms. The van der Waals surface area contributed by atoms with E-state index in [-0.39, 0.29) is 0 Å². The molecule has 5 heteroatoms. The molecule has 0 bridgehead atoms. The molecule has 1 heterocycles. The van der Waals surface area contributed by atoms with E-state index in [1.807, 2.05) is 11.0 Å². The second-order valence-electron chi connectivity index (χ2n) is 4.51. The first-order valence-corrected chi connectivity index (χ1v) is 6.75. The number of halogens is 2. The molecule has 3 nitrogen and oxygen atoms in total. The maximum Gasteiger partial charge on any atom is 0.321 e. The molecule has 0 aromatic heterocycles. The van der Waals surface area contributed by atoms with Gasteiger partial charge in [-0.15, -0.1) is 0 Å². The van der Waals surface area contributed by atoms with Gasteiger partial charge in [-0.1, -0.05) is 35.3 Å². The molecule has 2 rings (SSSR count). The highest BCUT2D eigenvalue weighted by atomic mass is 35.5. The van der Waals surface area contributed by atoms with Crippen molar-refractivity contribution >= 4 is 29.2 Å². The van der Waals surface area contributed by atoms with E-state index in [1.54, 1.807) is 12.1 Å². The van der Waals surface area contributed by atoms with E-state index < -0.39 is 12.0 Å². The minimum Gasteiger partial charge on any atom is -0.480 e. The van der Waals surface area contributed by atoms with Crippen LogP contribution in [0, 0.1) is 0 Å². The van der Waals surface area contributed by atoms with Crippen LogP contribution in [0.3, 0.4) is 0 Å². The fourth-order valence-electron chi connectivity index (χ4n) is 2.34. The Labute approximate surface area is 116 Å². The molecule has 1 atom stereocenters.